The van der Waals surface area contributed by atoms with Crippen LogP contribution in [-0.4, -0.2) is 11.9 Å². The molecule has 1 unspecified atom stereocenters. The van der Waals surface area contributed by atoms with Crippen LogP contribution < -0.4 is 5.32 Å². The van der Waals surface area contributed by atoms with Gasteiger partial charge in [0.25, 0.3) is 5.91 Å². The van der Waals surface area contributed by atoms with Gasteiger partial charge in [-0.15, -0.1) is 0 Å². The third-order valence-electron chi connectivity index (χ3n) is 2.94. The maximum atomic E-state index is 13.6. The predicted octanol–water partition coefficient (Wildman–Crippen LogP) is 3.84. The van der Waals surface area contributed by atoms with Gasteiger partial charge in [0, 0.05) is 11.1 Å². The summed E-state index contributed by atoms with van der Waals surface area (Å²) in [5, 5.41) is 3.12. The second kappa shape index (κ2) is 6.53. The zero-order chi connectivity index (χ0) is 14.5. The van der Waals surface area contributed by atoms with E-state index in [1.807, 2.05) is 37.3 Å². The monoisotopic (exact) mass is 291 g/mol. The largest absolute Gasteiger partial charge is 0.349 e. The van der Waals surface area contributed by atoms with Crippen LogP contribution in [0, 0.1) is 5.82 Å². The summed E-state index contributed by atoms with van der Waals surface area (Å²) in [6.45, 7) is 1.88. The first-order chi connectivity index (χ1) is 9.56. The summed E-state index contributed by atoms with van der Waals surface area (Å²) in [5.41, 5.74) is 1.09. The maximum Gasteiger partial charge on any atom is 0.254 e. The highest BCUT2D eigenvalue weighted by Crippen LogP contribution is 2.15. The Labute approximate surface area is 122 Å². The normalized spacial score (nSPS) is 11.9. The van der Waals surface area contributed by atoms with Crippen LogP contribution in [0.3, 0.4) is 0 Å². The Balaban J connectivity index is 2.02. The van der Waals surface area contributed by atoms with Crippen LogP contribution in [0.1, 0.15) is 22.8 Å². The topological polar surface area (TPSA) is 29.1 Å². The summed E-state index contributed by atoms with van der Waals surface area (Å²) >= 11 is 5.78. The molecular weight excluding hydrogens is 277 g/mol. The molecule has 2 nitrogen and oxygen atoms in total. The molecule has 1 N–H and O–H groups in total. The van der Waals surface area contributed by atoms with Crippen LogP contribution in [0.25, 0.3) is 0 Å². The summed E-state index contributed by atoms with van der Waals surface area (Å²) < 4.78 is 13.6. The van der Waals surface area contributed by atoms with E-state index in [9.17, 15) is 9.18 Å². The quantitative estimate of drug-likeness (QED) is 0.911. The van der Waals surface area contributed by atoms with Gasteiger partial charge in [0.2, 0.25) is 0 Å². The molecule has 20 heavy (non-hydrogen) atoms. The van der Waals surface area contributed by atoms with Crippen molar-refractivity contribution in [2.45, 2.75) is 19.4 Å². The summed E-state index contributed by atoms with van der Waals surface area (Å²) in [4.78, 5) is 12.0. The highest BCUT2D eigenvalue weighted by atomic mass is 35.5. The van der Waals surface area contributed by atoms with Gasteiger partial charge in [0.15, 0.2) is 0 Å². The van der Waals surface area contributed by atoms with E-state index in [1.165, 1.54) is 18.2 Å². The molecule has 0 spiro atoms. The Hall–Kier alpha value is -1.87. The summed E-state index contributed by atoms with van der Waals surface area (Å²) in [7, 11) is 0. The number of amides is 1. The molecule has 4 heteroatoms. The number of hydrogen-bond acceptors (Lipinski definition) is 1. The average molecular weight is 292 g/mol. The molecule has 0 heterocycles. The highest BCUT2D eigenvalue weighted by molar-refractivity contribution is 6.31. The van der Waals surface area contributed by atoms with Gasteiger partial charge in [-0.05, 0) is 37.1 Å². The molecule has 2 aromatic carbocycles. The number of nitrogens with one attached hydrogen (secondary N) is 1. The molecule has 2 aromatic rings. The lowest BCUT2D eigenvalue weighted by atomic mass is 10.1. The van der Waals surface area contributed by atoms with E-state index in [-0.39, 0.29) is 11.6 Å². The van der Waals surface area contributed by atoms with E-state index in [0.29, 0.717) is 11.4 Å². The third kappa shape index (κ3) is 3.81. The lowest BCUT2D eigenvalue weighted by molar-refractivity contribution is 0.0936. The fourth-order valence-corrected chi connectivity index (χ4v) is 2.16. The van der Waals surface area contributed by atoms with Crippen molar-refractivity contribution < 1.29 is 9.18 Å². The Bertz CT molecular complexity index is 601. The lowest BCUT2D eigenvalue weighted by Crippen LogP contribution is -2.34. The van der Waals surface area contributed by atoms with Gasteiger partial charge in [0.1, 0.15) is 5.82 Å². The van der Waals surface area contributed by atoms with Gasteiger partial charge in [-0.25, -0.2) is 4.39 Å². The Morgan fingerprint density at radius 3 is 2.65 bits per heavy atom. The van der Waals surface area contributed by atoms with Crippen LogP contribution in [0.2, 0.25) is 5.02 Å². The number of carbonyl (C=O) groups is 1. The molecule has 0 fully saturated rings. The van der Waals surface area contributed by atoms with Crippen LogP contribution in [0.15, 0.2) is 48.5 Å². The molecule has 104 valence electrons. The second-order valence-electron chi connectivity index (χ2n) is 4.69. The summed E-state index contributed by atoms with van der Waals surface area (Å²) in [5.74, 6) is -1.02. The minimum atomic E-state index is -0.571. The molecule has 0 aliphatic rings. The van der Waals surface area contributed by atoms with Crippen molar-refractivity contribution >= 4 is 17.5 Å². The molecule has 0 aromatic heterocycles. The van der Waals surface area contributed by atoms with E-state index in [2.05, 4.69) is 5.32 Å². The van der Waals surface area contributed by atoms with Gasteiger partial charge in [-0.1, -0.05) is 41.9 Å². The minimum Gasteiger partial charge on any atom is -0.349 e. The number of carbonyl (C=O) groups excluding carboxylic acids is 1. The fourth-order valence-electron chi connectivity index (χ4n) is 1.99. The van der Waals surface area contributed by atoms with Crippen molar-refractivity contribution in [1.29, 1.82) is 0 Å². The molecule has 0 aliphatic heterocycles. The van der Waals surface area contributed by atoms with Crippen LogP contribution in [0.5, 0.6) is 0 Å². The van der Waals surface area contributed by atoms with Crippen molar-refractivity contribution in [3.63, 3.8) is 0 Å². The van der Waals surface area contributed by atoms with Gasteiger partial charge in [-0.2, -0.15) is 0 Å². The minimum absolute atomic E-state index is 0.0302. The lowest BCUT2D eigenvalue weighted by Gasteiger charge is -2.14. The number of hydrogen-bond donors (Lipinski definition) is 1. The first kappa shape index (κ1) is 14.5. The first-order valence-electron chi connectivity index (χ1n) is 6.36. The molecule has 0 saturated heterocycles. The maximum absolute atomic E-state index is 13.6. The predicted molar refractivity (Wildman–Crippen MR) is 78.5 cm³/mol. The van der Waals surface area contributed by atoms with Crippen LogP contribution in [0.4, 0.5) is 4.39 Å². The van der Waals surface area contributed by atoms with Crippen LogP contribution in [-0.2, 0) is 6.42 Å². The van der Waals surface area contributed by atoms with Crippen LogP contribution >= 0.6 is 11.6 Å². The highest BCUT2D eigenvalue weighted by Gasteiger charge is 2.14. The SMILES string of the molecule is CC(Cc1ccccc1)NC(=O)c1cc(Cl)ccc1F. The molecule has 0 saturated carbocycles. The van der Waals surface area contributed by atoms with E-state index in [1.54, 1.807) is 0 Å². The molecule has 0 radical (unpaired) electrons. The molecule has 2 rings (SSSR count). The van der Waals surface area contributed by atoms with Gasteiger partial charge < -0.3 is 5.32 Å². The Morgan fingerprint density at radius 1 is 1.25 bits per heavy atom. The van der Waals surface area contributed by atoms with Crippen molar-refractivity contribution in [1.82, 2.24) is 5.32 Å². The van der Waals surface area contributed by atoms with Gasteiger partial charge >= 0.3 is 0 Å². The van der Waals surface area contributed by atoms with Gasteiger partial charge in [-0.3, -0.25) is 4.79 Å². The number of rotatable bonds is 4. The Morgan fingerprint density at radius 2 is 1.95 bits per heavy atom. The molecule has 0 aliphatic carbocycles. The number of benzene rings is 2. The summed E-state index contributed by atoms with van der Waals surface area (Å²) in [6.07, 6.45) is 0.689. The molecule has 0 bridgehead atoms. The van der Waals surface area contributed by atoms with E-state index < -0.39 is 11.7 Å². The first-order valence-corrected chi connectivity index (χ1v) is 6.74. The average Bonchev–Trinajstić information content (AvgIpc) is 2.42. The van der Waals surface area contributed by atoms with E-state index >= 15 is 0 Å². The molecule has 1 amide bonds. The second-order valence-corrected chi connectivity index (χ2v) is 5.12. The van der Waals surface area contributed by atoms with Gasteiger partial charge in [0.05, 0.1) is 5.56 Å². The Kier molecular flexibility index (Phi) is 4.74. The molecular formula is C16H15ClFNO. The van der Waals surface area contributed by atoms with Crippen molar-refractivity contribution in [3.8, 4) is 0 Å². The smallest absolute Gasteiger partial charge is 0.254 e. The van der Waals surface area contributed by atoms with E-state index in [4.69, 9.17) is 11.6 Å². The summed E-state index contributed by atoms with van der Waals surface area (Å²) in [6, 6.07) is 13.7. The standard InChI is InChI=1S/C16H15ClFNO/c1-11(9-12-5-3-2-4-6-12)19-16(20)14-10-13(17)7-8-15(14)18/h2-8,10-11H,9H2,1H3,(H,19,20). The fraction of sp³-hybridized carbons (Fsp3) is 0.188. The van der Waals surface area contributed by atoms with Crippen molar-refractivity contribution in [2.75, 3.05) is 0 Å². The zero-order valence-corrected chi connectivity index (χ0v) is 11.8. The zero-order valence-electron chi connectivity index (χ0n) is 11.1. The third-order valence-corrected chi connectivity index (χ3v) is 3.17. The van der Waals surface area contributed by atoms with E-state index in [0.717, 1.165) is 5.56 Å². The van der Waals surface area contributed by atoms with Crippen molar-refractivity contribution in [3.05, 3.63) is 70.5 Å². The van der Waals surface area contributed by atoms with Crippen molar-refractivity contribution in [2.24, 2.45) is 0 Å². The number of halogens is 2. The molecule has 1 atom stereocenters.